The Morgan fingerprint density at radius 1 is 1.12 bits per heavy atom. The molecule has 2 aromatic rings. The van der Waals surface area contributed by atoms with Crippen molar-refractivity contribution < 1.29 is 22.0 Å². The van der Waals surface area contributed by atoms with Crippen LogP contribution in [0.15, 0.2) is 34.5 Å². The van der Waals surface area contributed by atoms with Crippen LogP contribution in [0.1, 0.15) is 15.2 Å². The topological polar surface area (TPSA) is 57.7 Å². The molecule has 9 heteroatoms. The number of amides is 1. The van der Waals surface area contributed by atoms with E-state index >= 15 is 0 Å². The maximum absolute atomic E-state index is 13.8. The number of rotatable bonds is 3. The first kappa shape index (κ1) is 18.0. The molecule has 0 aliphatic carbocycles. The van der Waals surface area contributed by atoms with Crippen molar-refractivity contribution >= 4 is 27.3 Å². The van der Waals surface area contributed by atoms with Crippen LogP contribution in [0.5, 0.6) is 0 Å². The number of sulfonamides is 1. The average molecular weight is 386 g/mol. The Morgan fingerprint density at radius 2 is 1.80 bits per heavy atom. The lowest BCUT2D eigenvalue weighted by Gasteiger charge is -2.34. The molecule has 0 saturated carbocycles. The second kappa shape index (κ2) is 6.81. The first-order valence-electron chi connectivity index (χ1n) is 7.59. The van der Waals surface area contributed by atoms with Crippen LogP contribution in [0.4, 0.5) is 8.78 Å². The number of halogens is 2. The lowest BCUT2D eigenvalue weighted by atomic mass is 10.2. The summed E-state index contributed by atoms with van der Waals surface area (Å²) in [4.78, 5) is 14.0. The van der Waals surface area contributed by atoms with Gasteiger partial charge in [-0.3, -0.25) is 4.79 Å². The summed E-state index contributed by atoms with van der Waals surface area (Å²) in [6.07, 6.45) is 0. The second-order valence-electron chi connectivity index (χ2n) is 5.70. The van der Waals surface area contributed by atoms with E-state index in [-0.39, 0.29) is 32.1 Å². The van der Waals surface area contributed by atoms with Crippen LogP contribution >= 0.6 is 11.3 Å². The van der Waals surface area contributed by atoms with Crippen LogP contribution in [0.2, 0.25) is 0 Å². The quantitative estimate of drug-likeness (QED) is 0.814. The number of thiophene rings is 1. The predicted molar refractivity (Wildman–Crippen MR) is 90.1 cm³/mol. The highest BCUT2D eigenvalue weighted by Gasteiger charge is 2.32. The maximum atomic E-state index is 13.8. The van der Waals surface area contributed by atoms with E-state index in [2.05, 4.69) is 0 Å². The number of benzene rings is 1. The molecule has 1 fully saturated rings. The number of hydrogen-bond acceptors (Lipinski definition) is 4. The van der Waals surface area contributed by atoms with Crippen LogP contribution in [-0.2, 0) is 10.0 Å². The molecular weight excluding hydrogens is 370 g/mol. The smallest absolute Gasteiger partial charge is 0.264 e. The van der Waals surface area contributed by atoms with Gasteiger partial charge in [-0.1, -0.05) is 0 Å². The standard InChI is InChI=1S/C16H16F2N2O3S2/c1-11-4-9-24-15(11)16(21)19-5-7-20(8-6-19)25(22,23)14-10-12(17)2-3-13(14)18/h2-4,9-10H,5-8H2,1H3. The summed E-state index contributed by atoms with van der Waals surface area (Å²) in [6.45, 7) is 2.32. The molecule has 1 aliphatic heterocycles. The second-order valence-corrected chi connectivity index (χ2v) is 8.53. The molecule has 1 amide bonds. The molecule has 0 unspecified atom stereocenters. The first-order valence-corrected chi connectivity index (χ1v) is 9.91. The van der Waals surface area contributed by atoms with Gasteiger partial charge < -0.3 is 4.90 Å². The van der Waals surface area contributed by atoms with Gasteiger partial charge in [0.2, 0.25) is 10.0 Å². The van der Waals surface area contributed by atoms with E-state index < -0.39 is 26.6 Å². The molecule has 0 N–H and O–H groups in total. The van der Waals surface area contributed by atoms with Gasteiger partial charge in [-0.2, -0.15) is 4.31 Å². The summed E-state index contributed by atoms with van der Waals surface area (Å²) < 4.78 is 53.3. The summed E-state index contributed by atoms with van der Waals surface area (Å²) in [5.41, 5.74) is 0.881. The minimum absolute atomic E-state index is 0.0362. The van der Waals surface area contributed by atoms with E-state index in [1.54, 1.807) is 4.90 Å². The number of aryl methyl sites for hydroxylation is 1. The summed E-state index contributed by atoms with van der Waals surface area (Å²) in [7, 11) is -4.14. The first-order chi connectivity index (χ1) is 11.8. The third-order valence-corrected chi connectivity index (χ3v) is 7.01. The summed E-state index contributed by atoms with van der Waals surface area (Å²) in [5, 5.41) is 1.83. The van der Waals surface area contributed by atoms with Gasteiger partial charge in [0.15, 0.2) is 0 Å². The summed E-state index contributed by atoms with van der Waals surface area (Å²) in [6, 6.07) is 4.19. The Morgan fingerprint density at radius 3 is 2.40 bits per heavy atom. The predicted octanol–water partition coefficient (Wildman–Crippen LogP) is 2.48. The minimum atomic E-state index is -4.14. The largest absolute Gasteiger partial charge is 0.335 e. The lowest BCUT2D eigenvalue weighted by molar-refractivity contribution is 0.0702. The maximum Gasteiger partial charge on any atom is 0.264 e. The van der Waals surface area contributed by atoms with E-state index in [1.165, 1.54) is 11.3 Å². The molecule has 1 aromatic carbocycles. The van der Waals surface area contributed by atoms with Crippen molar-refractivity contribution in [3.8, 4) is 0 Å². The van der Waals surface area contributed by atoms with Crippen LogP contribution in [0, 0.1) is 18.6 Å². The zero-order valence-corrected chi connectivity index (χ0v) is 15.0. The number of nitrogens with zero attached hydrogens (tertiary/aromatic N) is 2. The summed E-state index contributed by atoms with van der Waals surface area (Å²) in [5.74, 6) is -1.95. The van der Waals surface area contributed by atoms with Crippen LogP contribution in [0.3, 0.4) is 0 Å². The molecule has 134 valence electrons. The minimum Gasteiger partial charge on any atom is -0.335 e. The normalized spacial score (nSPS) is 16.2. The van der Waals surface area contributed by atoms with Crippen molar-refractivity contribution in [2.24, 2.45) is 0 Å². The van der Waals surface area contributed by atoms with E-state index in [0.29, 0.717) is 10.9 Å². The Hall–Kier alpha value is -1.84. The van der Waals surface area contributed by atoms with Crippen molar-refractivity contribution in [1.29, 1.82) is 0 Å². The van der Waals surface area contributed by atoms with Crippen LogP contribution in [-0.4, -0.2) is 49.7 Å². The van der Waals surface area contributed by atoms with E-state index in [1.807, 2.05) is 18.4 Å². The summed E-state index contributed by atoms with van der Waals surface area (Å²) >= 11 is 1.34. The van der Waals surface area contributed by atoms with E-state index in [9.17, 15) is 22.0 Å². The molecular formula is C16H16F2N2O3S2. The van der Waals surface area contributed by atoms with E-state index in [0.717, 1.165) is 22.0 Å². The molecule has 0 bridgehead atoms. The van der Waals surface area contributed by atoms with Gasteiger partial charge in [0.1, 0.15) is 16.5 Å². The van der Waals surface area contributed by atoms with Gasteiger partial charge in [0.25, 0.3) is 5.91 Å². The Labute approximate surface area is 148 Å². The van der Waals surface area contributed by atoms with Crippen molar-refractivity contribution in [3.63, 3.8) is 0 Å². The Kier molecular flexibility index (Phi) is 4.90. The van der Waals surface area contributed by atoms with Crippen molar-refractivity contribution in [2.45, 2.75) is 11.8 Å². The average Bonchev–Trinajstić information content (AvgIpc) is 3.02. The highest BCUT2D eigenvalue weighted by Crippen LogP contribution is 2.23. The van der Waals surface area contributed by atoms with Crippen molar-refractivity contribution in [2.75, 3.05) is 26.2 Å². The zero-order valence-electron chi connectivity index (χ0n) is 13.4. The third kappa shape index (κ3) is 3.44. The lowest BCUT2D eigenvalue weighted by Crippen LogP contribution is -2.50. The number of hydrogen-bond donors (Lipinski definition) is 0. The molecule has 1 aliphatic rings. The number of carbonyl (C=O) groups excluding carboxylic acids is 1. The fourth-order valence-corrected chi connectivity index (χ4v) is 5.07. The van der Waals surface area contributed by atoms with E-state index in [4.69, 9.17) is 0 Å². The fourth-order valence-electron chi connectivity index (χ4n) is 2.68. The SMILES string of the molecule is Cc1ccsc1C(=O)N1CCN(S(=O)(=O)c2cc(F)ccc2F)CC1. The Balaban J connectivity index is 1.74. The van der Waals surface area contributed by atoms with Crippen molar-refractivity contribution in [1.82, 2.24) is 9.21 Å². The molecule has 1 aromatic heterocycles. The molecule has 2 heterocycles. The van der Waals surface area contributed by atoms with Gasteiger partial charge >= 0.3 is 0 Å². The van der Waals surface area contributed by atoms with Crippen LogP contribution in [0.25, 0.3) is 0 Å². The fraction of sp³-hybridized carbons (Fsp3) is 0.312. The zero-order chi connectivity index (χ0) is 18.2. The Bertz CT molecular complexity index is 904. The molecule has 3 rings (SSSR count). The third-order valence-electron chi connectivity index (χ3n) is 4.09. The number of piperazine rings is 1. The van der Waals surface area contributed by atoms with Gasteiger partial charge in [-0.25, -0.2) is 17.2 Å². The van der Waals surface area contributed by atoms with Gasteiger partial charge in [-0.05, 0) is 42.1 Å². The highest BCUT2D eigenvalue weighted by atomic mass is 32.2. The molecule has 0 spiro atoms. The van der Waals surface area contributed by atoms with Gasteiger partial charge in [0, 0.05) is 26.2 Å². The highest BCUT2D eigenvalue weighted by molar-refractivity contribution is 7.89. The van der Waals surface area contributed by atoms with Crippen molar-refractivity contribution in [3.05, 3.63) is 51.7 Å². The van der Waals surface area contributed by atoms with Gasteiger partial charge in [-0.15, -0.1) is 11.3 Å². The molecule has 25 heavy (non-hydrogen) atoms. The molecule has 0 atom stereocenters. The number of carbonyl (C=O) groups is 1. The van der Waals surface area contributed by atoms with Gasteiger partial charge in [0.05, 0.1) is 4.88 Å². The monoisotopic (exact) mass is 386 g/mol. The molecule has 1 saturated heterocycles. The molecule has 0 radical (unpaired) electrons. The van der Waals surface area contributed by atoms with Crippen LogP contribution < -0.4 is 0 Å². The molecule has 5 nitrogen and oxygen atoms in total.